The highest BCUT2D eigenvalue weighted by Crippen LogP contribution is 2.15. The van der Waals surface area contributed by atoms with Gasteiger partial charge in [-0.1, -0.05) is 34.2 Å². The Morgan fingerprint density at radius 2 is 2.27 bits per heavy atom. The van der Waals surface area contributed by atoms with Crippen LogP contribution in [-0.4, -0.2) is 21.4 Å². The van der Waals surface area contributed by atoms with Gasteiger partial charge in [0.1, 0.15) is 5.01 Å². The third-order valence-electron chi connectivity index (χ3n) is 1.80. The number of halogens is 1. The van der Waals surface area contributed by atoms with Crippen LogP contribution in [0.25, 0.3) is 0 Å². The fourth-order valence-electron chi connectivity index (χ4n) is 1.01. The summed E-state index contributed by atoms with van der Waals surface area (Å²) in [6.45, 7) is 2.02. The molecule has 1 aromatic heterocycles. The van der Waals surface area contributed by atoms with Gasteiger partial charge in [-0.2, -0.15) is 0 Å². The van der Waals surface area contributed by atoms with Crippen molar-refractivity contribution in [2.45, 2.75) is 32.6 Å². The molecule has 0 spiro atoms. The lowest BCUT2D eigenvalue weighted by Gasteiger charge is -1.99. The van der Waals surface area contributed by atoms with Gasteiger partial charge in [-0.3, -0.25) is 4.79 Å². The van der Waals surface area contributed by atoms with E-state index in [4.69, 9.17) is 0 Å². The Kier molecular flexibility index (Phi) is 5.78. The molecule has 0 aliphatic carbocycles. The van der Waals surface area contributed by atoms with Crippen molar-refractivity contribution in [2.75, 3.05) is 10.6 Å². The van der Waals surface area contributed by atoms with Crippen molar-refractivity contribution >= 4 is 38.3 Å². The fraction of sp³-hybridized carbons (Fsp3) is 0.667. The lowest BCUT2D eigenvalue weighted by molar-refractivity contribution is -0.116. The number of aromatic nitrogens is 2. The normalized spacial score (nSPS) is 10.3. The zero-order chi connectivity index (χ0) is 11.1. The Hall–Kier alpha value is -0.490. The zero-order valence-electron chi connectivity index (χ0n) is 8.62. The highest BCUT2D eigenvalue weighted by molar-refractivity contribution is 9.09. The van der Waals surface area contributed by atoms with E-state index in [1.54, 1.807) is 0 Å². The number of unbranched alkanes of at least 4 members (excludes halogenated alkanes) is 1. The third-order valence-corrected chi connectivity index (χ3v) is 3.35. The molecule has 0 bridgehead atoms. The van der Waals surface area contributed by atoms with Crippen LogP contribution >= 0.6 is 27.3 Å². The average Bonchev–Trinajstić information content (AvgIpc) is 2.66. The molecule has 0 aliphatic rings. The Morgan fingerprint density at radius 1 is 1.47 bits per heavy atom. The average molecular weight is 292 g/mol. The van der Waals surface area contributed by atoms with Crippen LogP contribution in [0.1, 0.15) is 31.2 Å². The van der Waals surface area contributed by atoms with Crippen LogP contribution in [0.4, 0.5) is 5.13 Å². The maximum absolute atomic E-state index is 11.4. The van der Waals surface area contributed by atoms with Gasteiger partial charge in [0.05, 0.1) is 0 Å². The molecule has 4 nitrogen and oxygen atoms in total. The van der Waals surface area contributed by atoms with Crippen LogP contribution < -0.4 is 5.32 Å². The van der Waals surface area contributed by atoms with E-state index in [1.807, 2.05) is 6.92 Å². The second-order valence-electron chi connectivity index (χ2n) is 3.05. The van der Waals surface area contributed by atoms with Crippen molar-refractivity contribution in [3.05, 3.63) is 5.01 Å². The van der Waals surface area contributed by atoms with E-state index in [-0.39, 0.29) is 5.91 Å². The van der Waals surface area contributed by atoms with Gasteiger partial charge in [-0.05, 0) is 19.3 Å². The number of alkyl halides is 1. The summed E-state index contributed by atoms with van der Waals surface area (Å²) in [5.74, 6) is 0.0229. The number of rotatable bonds is 6. The summed E-state index contributed by atoms with van der Waals surface area (Å²) in [5, 5.41) is 13.1. The largest absolute Gasteiger partial charge is 0.301 e. The standard InChI is InChI=1S/C9H14BrN3OS/c1-2-8-12-13-9(15-8)11-7(14)5-3-4-6-10/h2-6H2,1H3,(H,11,13,14). The molecule has 0 saturated carbocycles. The van der Waals surface area contributed by atoms with Crippen molar-refractivity contribution in [1.82, 2.24) is 10.2 Å². The predicted octanol–water partition coefficient (Wildman–Crippen LogP) is 2.60. The number of aryl methyl sites for hydroxylation is 1. The number of hydrogen-bond donors (Lipinski definition) is 1. The van der Waals surface area contributed by atoms with Crippen molar-refractivity contribution in [3.8, 4) is 0 Å². The van der Waals surface area contributed by atoms with Crippen molar-refractivity contribution < 1.29 is 4.79 Å². The molecule has 6 heteroatoms. The first kappa shape index (κ1) is 12.6. The molecule has 15 heavy (non-hydrogen) atoms. The van der Waals surface area contributed by atoms with Crippen LogP contribution in [0.2, 0.25) is 0 Å². The van der Waals surface area contributed by atoms with Crippen LogP contribution in [0, 0.1) is 0 Å². The summed E-state index contributed by atoms with van der Waals surface area (Å²) in [6.07, 6.45) is 3.32. The SMILES string of the molecule is CCc1nnc(NC(=O)CCCCBr)s1. The second kappa shape index (κ2) is 6.90. The number of anilines is 1. The number of carbonyl (C=O) groups excluding carboxylic acids is 1. The molecule has 0 aromatic carbocycles. The molecule has 84 valence electrons. The lowest BCUT2D eigenvalue weighted by atomic mass is 10.2. The molecule has 0 unspecified atom stereocenters. The second-order valence-corrected chi connectivity index (χ2v) is 4.90. The van der Waals surface area contributed by atoms with Crippen LogP contribution in [0.5, 0.6) is 0 Å². The van der Waals surface area contributed by atoms with Gasteiger partial charge < -0.3 is 5.32 Å². The topological polar surface area (TPSA) is 54.9 Å². The van der Waals surface area contributed by atoms with E-state index in [0.717, 1.165) is 29.6 Å². The van der Waals surface area contributed by atoms with Crippen LogP contribution in [-0.2, 0) is 11.2 Å². The van der Waals surface area contributed by atoms with E-state index >= 15 is 0 Å². The summed E-state index contributed by atoms with van der Waals surface area (Å²) < 4.78 is 0. The lowest BCUT2D eigenvalue weighted by Crippen LogP contribution is -2.10. The monoisotopic (exact) mass is 291 g/mol. The minimum Gasteiger partial charge on any atom is -0.301 e. The summed E-state index contributed by atoms with van der Waals surface area (Å²) in [6, 6.07) is 0. The molecule has 0 aliphatic heterocycles. The Labute approximate surface area is 102 Å². The van der Waals surface area contributed by atoms with Gasteiger partial charge in [0.2, 0.25) is 11.0 Å². The first-order valence-corrected chi connectivity index (χ1v) is 6.88. The number of carbonyl (C=O) groups is 1. The molecule has 0 fully saturated rings. The van der Waals surface area contributed by atoms with Gasteiger partial charge in [0.15, 0.2) is 0 Å². The van der Waals surface area contributed by atoms with E-state index in [0.29, 0.717) is 11.6 Å². The molecule has 0 atom stereocenters. The fourth-order valence-corrected chi connectivity index (χ4v) is 2.10. The Balaban J connectivity index is 2.31. The maximum atomic E-state index is 11.4. The van der Waals surface area contributed by atoms with Gasteiger partial charge in [0.25, 0.3) is 0 Å². The molecule has 1 heterocycles. The van der Waals surface area contributed by atoms with E-state index in [2.05, 4.69) is 31.4 Å². The number of nitrogens with one attached hydrogen (secondary N) is 1. The zero-order valence-corrected chi connectivity index (χ0v) is 11.0. The van der Waals surface area contributed by atoms with E-state index < -0.39 is 0 Å². The molecule has 1 N–H and O–H groups in total. The highest BCUT2D eigenvalue weighted by atomic mass is 79.9. The molecule has 1 amide bonds. The first-order valence-electron chi connectivity index (χ1n) is 4.94. The quantitative estimate of drug-likeness (QED) is 0.647. The molecule has 1 rings (SSSR count). The predicted molar refractivity (Wildman–Crippen MR) is 65.6 cm³/mol. The first-order chi connectivity index (χ1) is 7.26. The Morgan fingerprint density at radius 3 is 2.87 bits per heavy atom. The summed E-state index contributed by atoms with van der Waals surface area (Å²) in [7, 11) is 0. The number of amides is 1. The molecule has 1 aromatic rings. The van der Waals surface area contributed by atoms with Crippen molar-refractivity contribution in [1.29, 1.82) is 0 Å². The van der Waals surface area contributed by atoms with Crippen molar-refractivity contribution in [2.24, 2.45) is 0 Å². The van der Waals surface area contributed by atoms with Gasteiger partial charge >= 0.3 is 0 Å². The van der Waals surface area contributed by atoms with Gasteiger partial charge in [-0.25, -0.2) is 0 Å². The minimum atomic E-state index is 0.0229. The summed E-state index contributed by atoms with van der Waals surface area (Å²) >= 11 is 4.76. The summed E-state index contributed by atoms with van der Waals surface area (Å²) in [4.78, 5) is 11.4. The minimum absolute atomic E-state index is 0.0229. The molecule has 0 radical (unpaired) electrons. The van der Waals surface area contributed by atoms with Crippen LogP contribution in [0.15, 0.2) is 0 Å². The van der Waals surface area contributed by atoms with Crippen LogP contribution in [0.3, 0.4) is 0 Å². The van der Waals surface area contributed by atoms with Crippen molar-refractivity contribution in [3.63, 3.8) is 0 Å². The molecular weight excluding hydrogens is 278 g/mol. The highest BCUT2D eigenvalue weighted by Gasteiger charge is 2.06. The molecular formula is C9H14BrN3OS. The summed E-state index contributed by atoms with van der Waals surface area (Å²) in [5.41, 5.74) is 0. The third kappa shape index (κ3) is 4.70. The number of nitrogens with zero attached hydrogens (tertiary/aromatic N) is 2. The smallest absolute Gasteiger partial charge is 0.226 e. The van der Waals surface area contributed by atoms with Gasteiger partial charge in [-0.15, -0.1) is 10.2 Å². The maximum Gasteiger partial charge on any atom is 0.226 e. The number of hydrogen-bond acceptors (Lipinski definition) is 4. The van der Waals surface area contributed by atoms with Gasteiger partial charge in [0, 0.05) is 11.8 Å². The van der Waals surface area contributed by atoms with E-state index in [9.17, 15) is 4.79 Å². The van der Waals surface area contributed by atoms with E-state index in [1.165, 1.54) is 11.3 Å². The Bertz CT molecular complexity index is 316. The molecule has 0 saturated heterocycles.